The highest BCUT2D eigenvalue weighted by atomic mass is 16.5. The van der Waals surface area contributed by atoms with E-state index in [-0.39, 0.29) is 5.78 Å². The van der Waals surface area contributed by atoms with E-state index in [1.807, 2.05) is 60.7 Å². The predicted molar refractivity (Wildman–Crippen MR) is 132 cm³/mol. The molecule has 0 N–H and O–H groups in total. The molecule has 172 valence electrons. The molecule has 1 unspecified atom stereocenters. The van der Waals surface area contributed by atoms with Gasteiger partial charge in [0.25, 0.3) is 0 Å². The minimum absolute atomic E-state index is 0.106. The number of benzene rings is 3. The first-order valence-electron chi connectivity index (χ1n) is 11.7. The van der Waals surface area contributed by atoms with Gasteiger partial charge in [-0.25, -0.2) is 4.79 Å². The topological polar surface area (TPSA) is 57.5 Å². The van der Waals surface area contributed by atoms with Gasteiger partial charge in [0.1, 0.15) is 11.5 Å². The van der Waals surface area contributed by atoms with Crippen LogP contribution in [-0.4, -0.2) is 23.4 Å². The number of carbonyl (C=O) groups excluding carboxylic acids is 2. The fourth-order valence-corrected chi connectivity index (χ4v) is 4.94. The molecule has 1 aliphatic carbocycles. The number of hydrogen-bond donors (Lipinski definition) is 0. The Labute approximate surface area is 198 Å². The zero-order valence-electron chi connectivity index (χ0n) is 19.4. The number of ether oxygens (including phenoxy) is 2. The van der Waals surface area contributed by atoms with Gasteiger partial charge >= 0.3 is 5.97 Å². The zero-order chi connectivity index (χ0) is 23.7. The number of para-hydroxylation sites is 1. The molecule has 1 aliphatic rings. The first kappa shape index (κ1) is 22.0. The molecule has 0 bridgehead atoms. The fourth-order valence-electron chi connectivity index (χ4n) is 4.94. The van der Waals surface area contributed by atoms with Crippen molar-refractivity contribution >= 4 is 22.7 Å². The normalized spacial score (nSPS) is 15.2. The van der Waals surface area contributed by atoms with Gasteiger partial charge < -0.3 is 14.0 Å². The quantitative estimate of drug-likeness (QED) is 0.316. The Morgan fingerprint density at radius 3 is 2.50 bits per heavy atom. The summed E-state index contributed by atoms with van der Waals surface area (Å²) in [5.74, 6) is 1.52. The van der Waals surface area contributed by atoms with Crippen molar-refractivity contribution < 1.29 is 19.1 Å². The lowest BCUT2D eigenvalue weighted by Gasteiger charge is -2.22. The number of methoxy groups -OCH3 is 1. The minimum atomic E-state index is -0.422. The molecule has 0 radical (unpaired) electrons. The number of ketones is 1. The Hall–Kier alpha value is -3.86. The molecule has 0 saturated carbocycles. The van der Waals surface area contributed by atoms with Gasteiger partial charge in [0.2, 0.25) is 0 Å². The fraction of sp³-hybridized carbons (Fsp3) is 0.241. The molecular formula is C29H27NO4. The number of hydrogen-bond acceptors (Lipinski definition) is 4. The summed E-state index contributed by atoms with van der Waals surface area (Å²) in [4.78, 5) is 25.8. The average molecular weight is 454 g/mol. The van der Waals surface area contributed by atoms with E-state index in [4.69, 9.17) is 9.47 Å². The molecule has 0 saturated heterocycles. The van der Waals surface area contributed by atoms with Gasteiger partial charge in [-0.2, -0.15) is 0 Å². The molecule has 1 atom stereocenters. The van der Waals surface area contributed by atoms with Crippen LogP contribution >= 0.6 is 0 Å². The molecule has 1 aromatic heterocycles. The Bertz CT molecular complexity index is 1370. The van der Waals surface area contributed by atoms with Crippen LogP contribution < -0.4 is 4.74 Å². The summed E-state index contributed by atoms with van der Waals surface area (Å²) in [5.41, 5.74) is 4.07. The van der Waals surface area contributed by atoms with Crippen molar-refractivity contribution in [3.05, 3.63) is 95.2 Å². The summed E-state index contributed by atoms with van der Waals surface area (Å²) in [6.07, 6.45) is 2.27. The minimum Gasteiger partial charge on any atom is -0.465 e. The van der Waals surface area contributed by atoms with E-state index in [0.717, 1.165) is 41.1 Å². The summed E-state index contributed by atoms with van der Waals surface area (Å²) in [7, 11) is 1.37. The summed E-state index contributed by atoms with van der Waals surface area (Å²) in [6, 6.07) is 23.3. The Balaban J connectivity index is 1.61. The molecule has 0 fully saturated rings. The summed E-state index contributed by atoms with van der Waals surface area (Å²) < 4.78 is 13.3. The SMILES string of the molecule is CCC1CC(=O)c2c(n(Cc3cccc(Oc4ccccc4)c3)c3cccc(C(=O)OC)c23)C1. The summed E-state index contributed by atoms with van der Waals surface area (Å²) in [6.45, 7) is 2.70. The van der Waals surface area contributed by atoms with Gasteiger partial charge in [-0.3, -0.25) is 4.79 Å². The van der Waals surface area contributed by atoms with Crippen molar-refractivity contribution in [2.24, 2.45) is 5.92 Å². The Morgan fingerprint density at radius 2 is 1.74 bits per heavy atom. The van der Waals surface area contributed by atoms with Crippen molar-refractivity contribution in [2.75, 3.05) is 7.11 Å². The molecule has 4 aromatic rings. The number of nitrogens with zero attached hydrogens (tertiary/aromatic N) is 1. The van der Waals surface area contributed by atoms with Crippen LogP contribution in [0.25, 0.3) is 10.9 Å². The highest BCUT2D eigenvalue weighted by molar-refractivity contribution is 6.16. The van der Waals surface area contributed by atoms with Gasteiger partial charge in [-0.15, -0.1) is 0 Å². The Morgan fingerprint density at radius 1 is 0.971 bits per heavy atom. The second-order valence-corrected chi connectivity index (χ2v) is 8.77. The largest absolute Gasteiger partial charge is 0.465 e. The van der Waals surface area contributed by atoms with Crippen LogP contribution in [0.15, 0.2) is 72.8 Å². The van der Waals surface area contributed by atoms with Crippen LogP contribution in [0.3, 0.4) is 0 Å². The van der Waals surface area contributed by atoms with Crippen molar-refractivity contribution in [2.45, 2.75) is 32.7 Å². The van der Waals surface area contributed by atoms with Crippen molar-refractivity contribution in [1.29, 1.82) is 0 Å². The zero-order valence-corrected chi connectivity index (χ0v) is 19.4. The van der Waals surface area contributed by atoms with Crippen LogP contribution in [0, 0.1) is 5.92 Å². The van der Waals surface area contributed by atoms with Crippen LogP contribution in [0.5, 0.6) is 11.5 Å². The van der Waals surface area contributed by atoms with Crippen LogP contribution in [0.2, 0.25) is 0 Å². The third kappa shape index (κ3) is 3.98. The molecule has 0 amide bonds. The smallest absolute Gasteiger partial charge is 0.338 e. The van der Waals surface area contributed by atoms with Crippen molar-refractivity contribution in [1.82, 2.24) is 4.57 Å². The number of Topliss-reactive ketones (excluding diaryl/α,β-unsaturated/α-hetero) is 1. The summed E-state index contributed by atoms with van der Waals surface area (Å²) in [5, 5.41) is 0.709. The van der Waals surface area contributed by atoms with Gasteiger partial charge in [-0.1, -0.05) is 49.7 Å². The third-order valence-electron chi connectivity index (χ3n) is 6.63. The van der Waals surface area contributed by atoms with E-state index in [9.17, 15) is 9.59 Å². The van der Waals surface area contributed by atoms with Crippen molar-refractivity contribution in [3.8, 4) is 11.5 Å². The van der Waals surface area contributed by atoms with Crippen LogP contribution in [-0.2, 0) is 17.7 Å². The highest BCUT2D eigenvalue weighted by Crippen LogP contribution is 2.38. The van der Waals surface area contributed by atoms with Crippen LogP contribution in [0.4, 0.5) is 0 Å². The number of esters is 1. The molecule has 0 aliphatic heterocycles. The molecular weight excluding hydrogens is 426 g/mol. The number of carbonyl (C=O) groups is 2. The first-order valence-corrected chi connectivity index (χ1v) is 11.7. The maximum absolute atomic E-state index is 13.3. The van der Waals surface area contributed by atoms with E-state index in [0.29, 0.717) is 35.4 Å². The third-order valence-corrected chi connectivity index (χ3v) is 6.63. The lowest BCUT2D eigenvalue weighted by molar-refractivity contribution is 0.0603. The number of aromatic nitrogens is 1. The maximum atomic E-state index is 13.3. The lowest BCUT2D eigenvalue weighted by atomic mass is 9.84. The molecule has 1 heterocycles. The number of fused-ring (bicyclic) bond motifs is 3. The molecule has 5 heteroatoms. The van der Waals surface area contributed by atoms with Gasteiger partial charge in [0, 0.05) is 29.6 Å². The lowest BCUT2D eigenvalue weighted by Crippen LogP contribution is -2.21. The Kier molecular flexibility index (Phi) is 5.93. The standard InChI is InChI=1S/C29H27NO4/c1-3-19-16-25-28(26(31)17-19)27-23(29(32)33-2)13-8-14-24(27)30(25)18-20-9-7-12-22(15-20)34-21-10-5-4-6-11-21/h4-15,19H,3,16-18H2,1-2H3. The van der Waals surface area contributed by atoms with E-state index < -0.39 is 5.97 Å². The number of rotatable bonds is 6. The maximum Gasteiger partial charge on any atom is 0.338 e. The molecule has 0 spiro atoms. The van der Waals surface area contributed by atoms with E-state index >= 15 is 0 Å². The van der Waals surface area contributed by atoms with Gasteiger partial charge in [-0.05, 0) is 54.3 Å². The van der Waals surface area contributed by atoms with E-state index in [1.165, 1.54) is 7.11 Å². The second kappa shape index (κ2) is 9.18. The van der Waals surface area contributed by atoms with Gasteiger partial charge in [0.15, 0.2) is 5.78 Å². The first-order chi connectivity index (χ1) is 16.6. The van der Waals surface area contributed by atoms with E-state index in [2.05, 4.69) is 17.6 Å². The molecule has 5 rings (SSSR count). The van der Waals surface area contributed by atoms with Crippen LogP contribution in [0.1, 0.15) is 51.7 Å². The highest BCUT2D eigenvalue weighted by Gasteiger charge is 2.32. The second-order valence-electron chi connectivity index (χ2n) is 8.77. The van der Waals surface area contributed by atoms with Gasteiger partial charge in [0.05, 0.1) is 18.2 Å². The average Bonchev–Trinajstić information content (AvgIpc) is 3.18. The molecule has 5 nitrogen and oxygen atoms in total. The molecule has 3 aromatic carbocycles. The van der Waals surface area contributed by atoms with E-state index in [1.54, 1.807) is 6.07 Å². The predicted octanol–water partition coefficient (Wildman–Crippen LogP) is 6.42. The molecule has 34 heavy (non-hydrogen) atoms. The summed E-state index contributed by atoms with van der Waals surface area (Å²) >= 11 is 0. The monoisotopic (exact) mass is 453 g/mol. The van der Waals surface area contributed by atoms with Crippen molar-refractivity contribution in [3.63, 3.8) is 0 Å².